The molecule has 0 atom stereocenters. The maximum Gasteiger partial charge on any atom is 0.325 e. The van der Waals surface area contributed by atoms with Gasteiger partial charge in [-0.25, -0.2) is 4.79 Å². The van der Waals surface area contributed by atoms with E-state index in [4.69, 9.17) is 4.74 Å². The third-order valence-electron chi connectivity index (χ3n) is 4.86. The number of urea groups is 1. The summed E-state index contributed by atoms with van der Waals surface area (Å²) < 4.78 is 5.21. The van der Waals surface area contributed by atoms with E-state index in [-0.39, 0.29) is 18.4 Å². The minimum Gasteiger partial charge on any atom is -0.378 e. The lowest BCUT2D eigenvalue weighted by atomic mass is 9.90. The minimum atomic E-state index is -0.765. The number of carbonyl (C=O) groups is 3. The van der Waals surface area contributed by atoms with Gasteiger partial charge >= 0.3 is 6.03 Å². The largest absolute Gasteiger partial charge is 0.378 e. The number of hydrogen-bond donors (Lipinski definition) is 1. The molecule has 0 aromatic heterocycles. The van der Waals surface area contributed by atoms with E-state index in [0.717, 1.165) is 30.6 Å². The third kappa shape index (κ3) is 2.82. The molecule has 0 unspecified atom stereocenters. The van der Waals surface area contributed by atoms with Crippen molar-refractivity contribution < 1.29 is 19.1 Å². The first-order valence-corrected chi connectivity index (χ1v) is 8.12. The van der Waals surface area contributed by atoms with Crippen molar-refractivity contribution in [3.8, 4) is 0 Å². The van der Waals surface area contributed by atoms with Crippen molar-refractivity contribution >= 4 is 17.8 Å². The number of amides is 4. The van der Waals surface area contributed by atoms with Crippen LogP contribution >= 0.6 is 0 Å². The normalized spacial score (nSPS) is 25.3. The molecule has 122 valence electrons. The van der Waals surface area contributed by atoms with Gasteiger partial charge in [0, 0.05) is 13.1 Å². The molecule has 1 saturated carbocycles. The lowest BCUT2D eigenvalue weighted by Crippen LogP contribution is -2.49. The molecule has 1 N–H and O–H groups in total. The summed E-state index contributed by atoms with van der Waals surface area (Å²) in [6.07, 6.45) is 5.43. The second-order valence-corrected chi connectivity index (χ2v) is 6.31. The summed E-state index contributed by atoms with van der Waals surface area (Å²) in [6, 6.07) is -0.423. The lowest BCUT2D eigenvalue weighted by molar-refractivity contribution is -0.141. The Balaban J connectivity index is 1.67. The van der Waals surface area contributed by atoms with E-state index in [1.165, 1.54) is 0 Å². The highest BCUT2D eigenvalue weighted by Crippen LogP contribution is 2.32. The molecule has 0 aromatic rings. The summed E-state index contributed by atoms with van der Waals surface area (Å²) in [4.78, 5) is 39.9. The van der Waals surface area contributed by atoms with Crippen molar-refractivity contribution in [2.45, 2.75) is 44.1 Å². The Morgan fingerprint density at radius 2 is 1.73 bits per heavy atom. The first-order chi connectivity index (χ1) is 10.6. The fraction of sp³-hybridized carbons (Fsp3) is 0.800. The van der Waals surface area contributed by atoms with Crippen LogP contribution in [0.4, 0.5) is 4.79 Å². The molecule has 4 amide bonds. The smallest absolute Gasteiger partial charge is 0.325 e. The van der Waals surface area contributed by atoms with Crippen molar-refractivity contribution in [2.24, 2.45) is 0 Å². The van der Waals surface area contributed by atoms with Crippen LogP contribution in [0.3, 0.4) is 0 Å². The Morgan fingerprint density at radius 1 is 1.09 bits per heavy atom. The molecule has 1 spiro atoms. The van der Waals surface area contributed by atoms with E-state index in [1.54, 1.807) is 4.90 Å². The van der Waals surface area contributed by atoms with Gasteiger partial charge in [-0.05, 0) is 12.8 Å². The number of ether oxygens (including phenoxy) is 1. The van der Waals surface area contributed by atoms with Crippen LogP contribution in [0.1, 0.15) is 38.5 Å². The summed E-state index contributed by atoms with van der Waals surface area (Å²) in [6.45, 7) is 1.90. The maximum absolute atomic E-state index is 12.7. The van der Waals surface area contributed by atoms with Crippen LogP contribution in [0, 0.1) is 0 Å². The maximum atomic E-state index is 12.7. The van der Waals surface area contributed by atoms with E-state index >= 15 is 0 Å². The molecule has 2 saturated heterocycles. The Hall–Kier alpha value is -1.63. The first-order valence-electron chi connectivity index (χ1n) is 8.12. The van der Waals surface area contributed by atoms with Gasteiger partial charge in [-0.2, -0.15) is 0 Å². The standard InChI is InChI=1S/C15H23N3O4/c19-12(17-7-9-22-10-8-17)11-18-13(20)15(16-14(18)21)5-3-1-2-4-6-15/h1-11H2,(H,16,21). The summed E-state index contributed by atoms with van der Waals surface area (Å²) in [7, 11) is 0. The Bertz CT molecular complexity index is 465. The molecule has 22 heavy (non-hydrogen) atoms. The molecule has 0 radical (unpaired) electrons. The highest BCUT2D eigenvalue weighted by Gasteiger charge is 2.51. The van der Waals surface area contributed by atoms with Crippen LogP contribution in [0.5, 0.6) is 0 Å². The molecular formula is C15H23N3O4. The molecule has 3 fully saturated rings. The number of rotatable bonds is 2. The molecule has 3 rings (SSSR count). The van der Waals surface area contributed by atoms with Crippen LogP contribution in [0.15, 0.2) is 0 Å². The molecular weight excluding hydrogens is 286 g/mol. The van der Waals surface area contributed by atoms with Gasteiger partial charge in [-0.1, -0.05) is 25.7 Å². The first kappa shape index (κ1) is 15.3. The molecule has 1 aliphatic carbocycles. The monoisotopic (exact) mass is 309 g/mol. The average molecular weight is 309 g/mol. The van der Waals surface area contributed by atoms with Crippen molar-refractivity contribution in [2.75, 3.05) is 32.8 Å². The van der Waals surface area contributed by atoms with Crippen LogP contribution in [0.2, 0.25) is 0 Å². The Kier molecular flexibility index (Phi) is 4.33. The SMILES string of the molecule is O=C(CN1C(=O)NC2(CCCCCC2)C1=O)N1CCOCC1. The molecule has 2 heterocycles. The van der Waals surface area contributed by atoms with Gasteiger partial charge in [0.05, 0.1) is 13.2 Å². The zero-order chi connectivity index (χ0) is 15.6. The van der Waals surface area contributed by atoms with Crippen LogP contribution in [-0.2, 0) is 14.3 Å². The van der Waals surface area contributed by atoms with E-state index < -0.39 is 11.6 Å². The number of nitrogens with one attached hydrogen (secondary N) is 1. The quantitative estimate of drug-likeness (QED) is 0.753. The average Bonchev–Trinajstić information content (AvgIpc) is 2.72. The van der Waals surface area contributed by atoms with E-state index in [9.17, 15) is 14.4 Å². The van der Waals surface area contributed by atoms with Crippen molar-refractivity contribution in [3.63, 3.8) is 0 Å². The van der Waals surface area contributed by atoms with E-state index in [1.807, 2.05) is 0 Å². The summed E-state index contributed by atoms with van der Waals surface area (Å²) in [5, 5.41) is 2.86. The predicted octanol–water partition coefficient (Wildman–Crippen LogP) is 0.490. The van der Waals surface area contributed by atoms with Crippen LogP contribution in [0.25, 0.3) is 0 Å². The molecule has 3 aliphatic rings. The molecule has 0 aromatic carbocycles. The van der Waals surface area contributed by atoms with E-state index in [0.29, 0.717) is 39.1 Å². The molecule has 0 bridgehead atoms. The minimum absolute atomic E-state index is 0.160. The van der Waals surface area contributed by atoms with E-state index in [2.05, 4.69) is 5.32 Å². The van der Waals surface area contributed by atoms with Gasteiger partial charge in [0.2, 0.25) is 5.91 Å². The fourth-order valence-corrected chi connectivity index (χ4v) is 3.54. The second kappa shape index (κ2) is 6.24. The number of hydrogen-bond acceptors (Lipinski definition) is 4. The van der Waals surface area contributed by atoms with Gasteiger partial charge in [0.25, 0.3) is 5.91 Å². The van der Waals surface area contributed by atoms with Crippen LogP contribution in [-0.4, -0.2) is 66.0 Å². The van der Waals surface area contributed by atoms with Crippen molar-refractivity contribution in [3.05, 3.63) is 0 Å². The van der Waals surface area contributed by atoms with Gasteiger partial charge in [-0.15, -0.1) is 0 Å². The zero-order valence-corrected chi connectivity index (χ0v) is 12.8. The van der Waals surface area contributed by atoms with Gasteiger partial charge in [0.1, 0.15) is 12.1 Å². The Labute approximate surface area is 129 Å². The van der Waals surface area contributed by atoms with Gasteiger partial charge < -0.3 is 15.0 Å². The molecule has 7 heteroatoms. The topological polar surface area (TPSA) is 79.0 Å². The highest BCUT2D eigenvalue weighted by atomic mass is 16.5. The van der Waals surface area contributed by atoms with Gasteiger partial charge in [0.15, 0.2) is 0 Å². The number of nitrogens with zero attached hydrogens (tertiary/aromatic N) is 2. The fourth-order valence-electron chi connectivity index (χ4n) is 3.54. The summed E-state index contributed by atoms with van der Waals surface area (Å²) >= 11 is 0. The number of carbonyl (C=O) groups excluding carboxylic acids is 3. The molecule has 2 aliphatic heterocycles. The third-order valence-corrected chi connectivity index (χ3v) is 4.86. The van der Waals surface area contributed by atoms with Gasteiger partial charge in [-0.3, -0.25) is 14.5 Å². The predicted molar refractivity (Wildman–Crippen MR) is 78.1 cm³/mol. The number of morpholine rings is 1. The Morgan fingerprint density at radius 3 is 2.36 bits per heavy atom. The van der Waals surface area contributed by atoms with Crippen molar-refractivity contribution in [1.82, 2.24) is 15.1 Å². The lowest BCUT2D eigenvalue weighted by Gasteiger charge is -2.28. The van der Waals surface area contributed by atoms with Crippen molar-refractivity contribution in [1.29, 1.82) is 0 Å². The summed E-state index contributed by atoms with van der Waals surface area (Å²) in [5.74, 6) is -0.404. The highest BCUT2D eigenvalue weighted by molar-refractivity contribution is 6.09. The zero-order valence-electron chi connectivity index (χ0n) is 12.8. The summed E-state index contributed by atoms with van der Waals surface area (Å²) in [5.41, 5.74) is -0.765. The second-order valence-electron chi connectivity index (χ2n) is 6.31. The number of imide groups is 1. The van der Waals surface area contributed by atoms with Crippen LogP contribution < -0.4 is 5.32 Å². The molecule has 7 nitrogen and oxygen atoms in total.